The number of carbonyl (C=O) groups excluding carboxylic acids is 1. The van der Waals surface area contributed by atoms with Gasteiger partial charge >= 0.3 is 0 Å². The Labute approximate surface area is 191 Å². The second-order valence-corrected chi connectivity index (χ2v) is 8.64. The van der Waals surface area contributed by atoms with Gasteiger partial charge in [-0.3, -0.25) is 4.79 Å². The van der Waals surface area contributed by atoms with Crippen LogP contribution in [0.1, 0.15) is 29.7 Å². The first-order valence-electron chi connectivity index (χ1n) is 9.54. The van der Waals surface area contributed by atoms with Crippen molar-refractivity contribution >= 4 is 41.2 Å². The van der Waals surface area contributed by atoms with Crippen LogP contribution in [0.5, 0.6) is 0 Å². The largest absolute Gasteiger partial charge is 0.343 e. The maximum atomic E-state index is 12.1. The number of ketones is 1. The Morgan fingerprint density at radius 1 is 1.29 bits per heavy atom. The van der Waals surface area contributed by atoms with E-state index in [0.29, 0.717) is 46.0 Å². The molecule has 3 atom stereocenters. The second-order valence-electron chi connectivity index (χ2n) is 7.43. The molecule has 31 heavy (non-hydrogen) atoms. The fraction of sp³-hybridized carbons (Fsp3) is 0.444. The number of hydrogen-bond acceptors (Lipinski definition) is 8. The Bertz CT molecular complexity index is 1220. The molecule has 0 spiro atoms. The smallest absolute Gasteiger partial charge is 0.218 e. The molecular formula is C18H17Cl2N7O3S. The summed E-state index contributed by atoms with van der Waals surface area (Å²) in [6.07, 6.45) is -0.407. The van der Waals surface area contributed by atoms with Crippen LogP contribution in [0, 0.1) is 4.77 Å². The molecule has 10 nitrogen and oxygen atoms in total. The number of aromatic nitrogens is 7. The SMILES string of the molecule is Cn1c(Cc2nnn(Cc3ccc(Cl)cc3Cl)n2)nn([C@@H]2CC(=O)[C@H]3OC[C@@H]2O3)c1=S. The molecule has 0 saturated carbocycles. The third kappa shape index (κ3) is 3.92. The van der Waals surface area contributed by atoms with E-state index in [2.05, 4.69) is 20.5 Å². The molecule has 2 aliphatic rings. The summed E-state index contributed by atoms with van der Waals surface area (Å²) in [7, 11) is 1.82. The number of fused-ring (bicyclic) bond motifs is 2. The molecule has 2 aromatic heterocycles. The van der Waals surface area contributed by atoms with Gasteiger partial charge in [-0.2, -0.15) is 9.90 Å². The van der Waals surface area contributed by atoms with Gasteiger partial charge in [0.2, 0.25) is 6.29 Å². The lowest BCUT2D eigenvalue weighted by Gasteiger charge is -2.26. The minimum Gasteiger partial charge on any atom is -0.343 e. The maximum Gasteiger partial charge on any atom is 0.218 e. The molecule has 1 aromatic carbocycles. The number of ether oxygens (including phenoxy) is 2. The summed E-state index contributed by atoms with van der Waals surface area (Å²) in [5.74, 6) is 1.04. The molecule has 0 N–H and O–H groups in total. The van der Waals surface area contributed by atoms with Crippen molar-refractivity contribution in [3.63, 3.8) is 0 Å². The molecule has 0 amide bonds. The van der Waals surface area contributed by atoms with E-state index in [9.17, 15) is 4.79 Å². The molecule has 162 valence electrons. The van der Waals surface area contributed by atoms with Gasteiger partial charge in [0.15, 0.2) is 16.4 Å². The standard InChI is InChI=1S/C18H17Cl2N7O3S/c1-25-16(23-27(18(25)31)12-5-13(28)17-29-8-14(12)30-17)6-15-21-24-26(22-15)7-9-2-3-10(19)4-11(9)20/h2-4,12,14,17H,5-8H2,1H3/t12-,14+,17+/m1/s1. The summed E-state index contributed by atoms with van der Waals surface area (Å²) in [6.45, 7) is 0.706. The van der Waals surface area contributed by atoms with Crippen LogP contribution in [0.15, 0.2) is 18.2 Å². The average Bonchev–Trinajstić information content (AvgIpc) is 3.43. The Morgan fingerprint density at radius 3 is 2.94 bits per heavy atom. The number of carbonyl (C=O) groups is 1. The predicted octanol–water partition coefficient (Wildman–Crippen LogP) is 2.14. The number of rotatable bonds is 5. The first-order chi connectivity index (χ1) is 14.9. The van der Waals surface area contributed by atoms with Gasteiger partial charge in [-0.25, -0.2) is 4.68 Å². The van der Waals surface area contributed by atoms with E-state index in [-0.39, 0.29) is 24.3 Å². The summed E-state index contributed by atoms with van der Waals surface area (Å²) in [6, 6.07) is 4.96. The molecule has 5 rings (SSSR count). The van der Waals surface area contributed by atoms with Crippen LogP contribution >= 0.6 is 35.4 Å². The molecule has 0 aliphatic carbocycles. The van der Waals surface area contributed by atoms with Gasteiger partial charge in [-0.1, -0.05) is 29.3 Å². The lowest BCUT2D eigenvalue weighted by molar-refractivity contribution is -0.156. The number of benzene rings is 1. The normalized spacial score (nSPS) is 22.9. The first-order valence-corrected chi connectivity index (χ1v) is 10.7. The summed E-state index contributed by atoms with van der Waals surface area (Å²) >= 11 is 17.7. The van der Waals surface area contributed by atoms with E-state index in [1.165, 1.54) is 4.80 Å². The van der Waals surface area contributed by atoms with Crippen molar-refractivity contribution < 1.29 is 14.3 Å². The van der Waals surface area contributed by atoms with E-state index < -0.39 is 6.29 Å². The monoisotopic (exact) mass is 481 g/mol. The zero-order valence-electron chi connectivity index (χ0n) is 16.3. The predicted molar refractivity (Wildman–Crippen MR) is 111 cm³/mol. The maximum absolute atomic E-state index is 12.1. The number of halogens is 2. The average molecular weight is 482 g/mol. The van der Waals surface area contributed by atoms with Crippen molar-refractivity contribution in [2.24, 2.45) is 7.05 Å². The number of hydrogen-bond donors (Lipinski definition) is 0. The molecule has 2 bridgehead atoms. The molecule has 0 unspecified atom stereocenters. The Morgan fingerprint density at radius 2 is 2.13 bits per heavy atom. The van der Waals surface area contributed by atoms with E-state index in [1.54, 1.807) is 21.4 Å². The van der Waals surface area contributed by atoms with E-state index >= 15 is 0 Å². The Hall–Kier alpha value is -2.18. The van der Waals surface area contributed by atoms with Gasteiger partial charge in [-0.05, 0) is 35.1 Å². The molecule has 3 aromatic rings. The van der Waals surface area contributed by atoms with Crippen molar-refractivity contribution in [3.8, 4) is 0 Å². The zero-order chi connectivity index (χ0) is 21.7. The molecule has 2 saturated heterocycles. The lowest BCUT2D eigenvalue weighted by atomic mass is 10.0. The van der Waals surface area contributed by atoms with Gasteiger partial charge in [-0.15, -0.1) is 10.2 Å². The zero-order valence-corrected chi connectivity index (χ0v) is 18.6. The summed E-state index contributed by atoms with van der Waals surface area (Å²) in [4.78, 5) is 13.6. The lowest BCUT2D eigenvalue weighted by Crippen LogP contribution is -2.37. The van der Waals surface area contributed by atoms with Gasteiger partial charge in [0.05, 0.1) is 25.6 Å². The molecule has 0 radical (unpaired) electrons. The number of Topliss-reactive ketones (excluding diaryl/α,β-unsaturated/α-hetero) is 1. The molecule has 2 fully saturated rings. The van der Waals surface area contributed by atoms with Crippen LogP contribution in [0.2, 0.25) is 10.0 Å². The van der Waals surface area contributed by atoms with Crippen LogP contribution in [-0.4, -0.2) is 59.3 Å². The highest BCUT2D eigenvalue weighted by Gasteiger charge is 2.45. The van der Waals surface area contributed by atoms with Crippen LogP contribution < -0.4 is 0 Å². The summed E-state index contributed by atoms with van der Waals surface area (Å²) < 4.78 is 14.9. The van der Waals surface area contributed by atoms with Crippen molar-refractivity contribution in [2.45, 2.75) is 37.8 Å². The second kappa shape index (κ2) is 8.06. The highest BCUT2D eigenvalue weighted by Crippen LogP contribution is 2.33. The third-order valence-electron chi connectivity index (χ3n) is 5.36. The van der Waals surface area contributed by atoms with Crippen LogP contribution in [0.3, 0.4) is 0 Å². The van der Waals surface area contributed by atoms with Crippen molar-refractivity contribution in [1.29, 1.82) is 0 Å². The van der Waals surface area contributed by atoms with Crippen LogP contribution in [-0.2, 0) is 34.3 Å². The summed E-state index contributed by atoms with van der Waals surface area (Å²) in [5.41, 5.74) is 0.830. The Balaban J connectivity index is 1.35. The fourth-order valence-corrected chi connectivity index (χ4v) is 4.44. The highest BCUT2D eigenvalue weighted by molar-refractivity contribution is 7.71. The number of tetrazole rings is 1. The van der Waals surface area contributed by atoms with Crippen molar-refractivity contribution in [1.82, 2.24) is 34.6 Å². The highest BCUT2D eigenvalue weighted by atomic mass is 35.5. The van der Waals surface area contributed by atoms with Gasteiger partial charge in [0, 0.05) is 23.5 Å². The molecular weight excluding hydrogens is 465 g/mol. The molecule has 13 heteroatoms. The third-order valence-corrected chi connectivity index (χ3v) is 6.41. The van der Waals surface area contributed by atoms with Gasteiger partial charge < -0.3 is 14.0 Å². The number of nitrogens with zero attached hydrogens (tertiary/aromatic N) is 7. The van der Waals surface area contributed by atoms with Crippen molar-refractivity contribution in [3.05, 3.63) is 50.2 Å². The fourth-order valence-electron chi connectivity index (χ4n) is 3.69. The van der Waals surface area contributed by atoms with E-state index in [1.807, 2.05) is 13.1 Å². The van der Waals surface area contributed by atoms with Crippen LogP contribution in [0.25, 0.3) is 0 Å². The Kier molecular flexibility index (Phi) is 5.39. The van der Waals surface area contributed by atoms with E-state index in [4.69, 9.17) is 44.9 Å². The van der Waals surface area contributed by atoms with E-state index in [0.717, 1.165) is 5.56 Å². The van der Waals surface area contributed by atoms with Gasteiger partial charge in [0.25, 0.3) is 0 Å². The molecule has 4 heterocycles. The van der Waals surface area contributed by atoms with Crippen LogP contribution in [0.4, 0.5) is 0 Å². The topological polar surface area (TPSA) is 102 Å². The van der Waals surface area contributed by atoms with Gasteiger partial charge in [0.1, 0.15) is 11.9 Å². The minimum atomic E-state index is -0.757. The first kappa shape index (κ1) is 20.7. The molecule has 2 aliphatic heterocycles. The quantitative estimate of drug-likeness (QED) is 0.510. The van der Waals surface area contributed by atoms with Crippen molar-refractivity contribution in [2.75, 3.05) is 6.61 Å². The summed E-state index contributed by atoms with van der Waals surface area (Å²) in [5, 5.41) is 18.4. The minimum absolute atomic E-state index is 0.0988.